The first-order chi connectivity index (χ1) is 7.68. The minimum absolute atomic E-state index is 0.0291. The predicted molar refractivity (Wildman–Crippen MR) is 62.2 cm³/mol. The van der Waals surface area contributed by atoms with Crippen molar-refractivity contribution in [3.05, 3.63) is 30.1 Å². The first-order valence-electron chi connectivity index (χ1n) is 5.64. The number of nitrogens with one attached hydrogen (secondary N) is 1. The van der Waals surface area contributed by atoms with Crippen LogP contribution in [0.1, 0.15) is 24.3 Å². The van der Waals surface area contributed by atoms with Crippen molar-refractivity contribution < 1.29 is 4.79 Å². The monoisotopic (exact) mass is 219 g/mol. The Morgan fingerprint density at radius 2 is 2.31 bits per heavy atom. The Morgan fingerprint density at radius 1 is 1.50 bits per heavy atom. The van der Waals surface area contributed by atoms with Crippen LogP contribution in [0.15, 0.2) is 24.4 Å². The zero-order chi connectivity index (χ0) is 11.5. The van der Waals surface area contributed by atoms with Gasteiger partial charge in [0.05, 0.1) is 0 Å². The van der Waals surface area contributed by atoms with Crippen LogP contribution in [-0.2, 0) is 0 Å². The summed E-state index contributed by atoms with van der Waals surface area (Å²) in [6, 6.07) is 6.01. The molecule has 0 spiro atoms. The molecule has 0 aromatic carbocycles. The summed E-state index contributed by atoms with van der Waals surface area (Å²) in [5, 5.41) is 3.35. The SMILES string of the molecule is CC1CN(C(=O)c2ccccn2)C(C)CN1. The molecule has 2 atom stereocenters. The van der Waals surface area contributed by atoms with E-state index in [1.54, 1.807) is 12.3 Å². The predicted octanol–water partition coefficient (Wildman–Crippen LogP) is 0.904. The zero-order valence-electron chi connectivity index (χ0n) is 9.68. The van der Waals surface area contributed by atoms with Gasteiger partial charge in [-0.1, -0.05) is 6.07 Å². The molecule has 4 nitrogen and oxygen atoms in total. The minimum Gasteiger partial charge on any atom is -0.332 e. The van der Waals surface area contributed by atoms with Gasteiger partial charge in [0.25, 0.3) is 5.91 Å². The van der Waals surface area contributed by atoms with Gasteiger partial charge in [0.15, 0.2) is 0 Å². The molecule has 2 heterocycles. The molecule has 1 aromatic heterocycles. The third-order valence-corrected chi connectivity index (χ3v) is 2.91. The Bertz CT molecular complexity index is 366. The zero-order valence-corrected chi connectivity index (χ0v) is 9.68. The molecular weight excluding hydrogens is 202 g/mol. The van der Waals surface area contributed by atoms with E-state index in [1.807, 2.05) is 17.0 Å². The number of nitrogens with zero attached hydrogens (tertiary/aromatic N) is 2. The molecule has 0 saturated carbocycles. The van der Waals surface area contributed by atoms with Gasteiger partial charge in [0.2, 0.25) is 0 Å². The lowest BCUT2D eigenvalue weighted by Crippen LogP contribution is -2.56. The molecule has 1 saturated heterocycles. The number of carbonyl (C=O) groups is 1. The van der Waals surface area contributed by atoms with E-state index in [0.717, 1.165) is 13.1 Å². The van der Waals surface area contributed by atoms with Gasteiger partial charge < -0.3 is 10.2 Å². The summed E-state index contributed by atoms with van der Waals surface area (Å²) in [5.41, 5.74) is 0.531. The summed E-state index contributed by atoms with van der Waals surface area (Å²) < 4.78 is 0. The highest BCUT2D eigenvalue weighted by atomic mass is 16.2. The second kappa shape index (κ2) is 4.61. The van der Waals surface area contributed by atoms with Gasteiger partial charge in [0, 0.05) is 31.4 Å². The third-order valence-electron chi connectivity index (χ3n) is 2.91. The van der Waals surface area contributed by atoms with Crippen molar-refractivity contribution in [2.75, 3.05) is 13.1 Å². The number of hydrogen-bond acceptors (Lipinski definition) is 3. The first kappa shape index (κ1) is 11.1. The fraction of sp³-hybridized carbons (Fsp3) is 0.500. The lowest BCUT2D eigenvalue weighted by atomic mass is 10.1. The van der Waals surface area contributed by atoms with E-state index in [2.05, 4.69) is 24.1 Å². The Kier molecular flexibility index (Phi) is 3.19. The normalized spacial score (nSPS) is 25.5. The largest absolute Gasteiger partial charge is 0.332 e. The summed E-state index contributed by atoms with van der Waals surface area (Å²) in [5.74, 6) is 0.0291. The second-order valence-electron chi connectivity index (χ2n) is 4.33. The van der Waals surface area contributed by atoms with Crippen molar-refractivity contribution in [1.82, 2.24) is 15.2 Å². The molecule has 16 heavy (non-hydrogen) atoms. The van der Waals surface area contributed by atoms with Crippen molar-refractivity contribution in [2.24, 2.45) is 0 Å². The third kappa shape index (κ3) is 2.22. The maximum Gasteiger partial charge on any atom is 0.272 e. The average Bonchev–Trinajstić information content (AvgIpc) is 2.32. The van der Waals surface area contributed by atoms with Gasteiger partial charge >= 0.3 is 0 Å². The topological polar surface area (TPSA) is 45.2 Å². The molecule has 1 aliphatic rings. The summed E-state index contributed by atoms with van der Waals surface area (Å²) >= 11 is 0. The fourth-order valence-electron chi connectivity index (χ4n) is 1.94. The number of rotatable bonds is 1. The van der Waals surface area contributed by atoms with Gasteiger partial charge in [-0.2, -0.15) is 0 Å². The van der Waals surface area contributed by atoms with E-state index >= 15 is 0 Å². The number of hydrogen-bond donors (Lipinski definition) is 1. The first-order valence-corrected chi connectivity index (χ1v) is 5.64. The highest BCUT2D eigenvalue weighted by Gasteiger charge is 2.27. The number of carbonyl (C=O) groups excluding carboxylic acids is 1. The number of amides is 1. The van der Waals surface area contributed by atoms with E-state index in [1.165, 1.54) is 0 Å². The van der Waals surface area contributed by atoms with E-state index < -0.39 is 0 Å². The second-order valence-corrected chi connectivity index (χ2v) is 4.33. The van der Waals surface area contributed by atoms with E-state index in [-0.39, 0.29) is 11.9 Å². The summed E-state index contributed by atoms with van der Waals surface area (Å²) in [6.45, 7) is 5.74. The van der Waals surface area contributed by atoms with Gasteiger partial charge in [-0.05, 0) is 26.0 Å². The quantitative estimate of drug-likeness (QED) is 0.763. The maximum absolute atomic E-state index is 12.2. The Morgan fingerprint density at radius 3 is 3.00 bits per heavy atom. The summed E-state index contributed by atoms with van der Waals surface area (Å²) in [4.78, 5) is 18.2. The Labute approximate surface area is 95.7 Å². The number of piperazine rings is 1. The lowest BCUT2D eigenvalue weighted by Gasteiger charge is -2.37. The minimum atomic E-state index is 0.0291. The van der Waals surface area contributed by atoms with Crippen LogP contribution in [0.4, 0.5) is 0 Å². The van der Waals surface area contributed by atoms with Crippen molar-refractivity contribution in [1.29, 1.82) is 0 Å². The molecule has 1 amide bonds. The van der Waals surface area contributed by atoms with Crippen LogP contribution in [0, 0.1) is 0 Å². The van der Waals surface area contributed by atoms with Crippen molar-refractivity contribution in [3.63, 3.8) is 0 Å². The molecule has 2 unspecified atom stereocenters. The molecule has 1 fully saturated rings. The molecule has 4 heteroatoms. The van der Waals surface area contributed by atoms with Crippen LogP contribution in [0.5, 0.6) is 0 Å². The van der Waals surface area contributed by atoms with E-state index in [9.17, 15) is 4.79 Å². The molecule has 0 radical (unpaired) electrons. The van der Waals surface area contributed by atoms with Crippen LogP contribution >= 0.6 is 0 Å². The van der Waals surface area contributed by atoms with Crippen LogP contribution in [0.2, 0.25) is 0 Å². The summed E-state index contributed by atoms with van der Waals surface area (Å²) in [7, 11) is 0. The van der Waals surface area contributed by atoms with Crippen LogP contribution in [0.25, 0.3) is 0 Å². The maximum atomic E-state index is 12.2. The van der Waals surface area contributed by atoms with Gasteiger partial charge in [-0.3, -0.25) is 9.78 Å². The lowest BCUT2D eigenvalue weighted by molar-refractivity contribution is 0.0610. The van der Waals surface area contributed by atoms with Crippen molar-refractivity contribution in [3.8, 4) is 0 Å². The fourth-order valence-corrected chi connectivity index (χ4v) is 1.94. The van der Waals surface area contributed by atoms with Crippen molar-refractivity contribution >= 4 is 5.91 Å². The van der Waals surface area contributed by atoms with Gasteiger partial charge in [0.1, 0.15) is 5.69 Å². The van der Waals surface area contributed by atoms with E-state index in [0.29, 0.717) is 11.7 Å². The summed E-state index contributed by atoms with van der Waals surface area (Å²) in [6.07, 6.45) is 1.66. The molecule has 1 aliphatic heterocycles. The van der Waals surface area contributed by atoms with Crippen LogP contribution < -0.4 is 5.32 Å². The molecule has 86 valence electrons. The molecule has 2 rings (SSSR count). The number of pyridine rings is 1. The standard InChI is InChI=1S/C12H17N3O/c1-9-8-15(10(2)7-14-9)12(16)11-5-3-4-6-13-11/h3-6,9-10,14H,7-8H2,1-2H3. The highest BCUT2D eigenvalue weighted by Crippen LogP contribution is 2.10. The smallest absolute Gasteiger partial charge is 0.272 e. The van der Waals surface area contributed by atoms with Crippen LogP contribution in [0.3, 0.4) is 0 Å². The molecule has 1 aromatic rings. The highest BCUT2D eigenvalue weighted by molar-refractivity contribution is 5.92. The number of aromatic nitrogens is 1. The Hall–Kier alpha value is -1.42. The molecule has 1 N–H and O–H groups in total. The molecule has 0 bridgehead atoms. The van der Waals surface area contributed by atoms with Gasteiger partial charge in [-0.15, -0.1) is 0 Å². The average molecular weight is 219 g/mol. The molecular formula is C12H17N3O. The molecule has 0 aliphatic carbocycles. The van der Waals surface area contributed by atoms with E-state index in [4.69, 9.17) is 0 Å². The Balaban J connectivity index is 2.15. The van der Waals surface area contributed by atoms with Gasteiger partial charge in [-0.25, -0.2) is 0 Å². The van der Waals surface area contributed by atoms with Crippen molar-refractivity contribution in [2.45, 2.75) is 25.9 Å². The van der Waals surface area contributed by atoms with Crippen LogP contribution in [-0.4, -0.2) is 41.0 Å².